The molecule has 0 saturated carbocycles. The highest BCUT2D eigenvalue weighted by Crippen LogP contribution is 2.37. The highest BCUT2D eigenvalue weighted by molar-refractivity contribution is 7.80. The van der Waals surface area contributed by atoms with Gasteiger partial charge in [0.15, 0.2) is 0 Å². The van der Waals surface area contributed by atoms with E-state index < -0.39 is 7.92 Å². The molecule has 0 aromatic heterocycles. The summed E-state index contributed by atoms with van der Waals surface area (Å²) in [4.78, 5) is 7.65. The largest absolute Gasteiger partial charge is 0.354 e. The van der Waals surface area contributed by atoms with E-state index in [-0.39, 0.29) is 6.04 Å². The molecule has 0 unspecified atom stereocenters. The van der Waals surface area contributed by atoms with Crippen LogP contribution in [0.4, 0.5) is 17.1 Å². The Labute approximate surface area is 239 Å². The molecule has 0 saturated heterocycles. The van der Waals surface area contributed by atoms with Crippen LogP contribution in [0.5, 0.6) is 0 Å². The molecule has 1 aliphatic heterocycles. The summed E-state index contributed by atoms with van der Waals surface area (Å²) in [6, 6.07) is 50.0. The molecule has 198 valence electrons. The summed E-state index contributed by atoms with van der Waals surface area (Å²) in [5, 5.41) is 7.84. The molecule has 1 N–H and O–H groups in total. The normalized spacial score (nSPS) is 14.9. The third-order valence-corrected chi connectivity index (χ3v) is 9.86. The van der Waals surface area contributed by atoms with Gasteiger partial charge in [-0.05, 0) is 54.8 Å². The van der Waals surface area contributed by atoms with E-state index in [4.69, 9.17) is 4.99 Å². The molecular formula is C36H34N3P. The van der Waals surface area contributed by atoms with Crippen LogP contribution in [0.3, 0.4) is 0 Å². The maximum absolute atomic E-state index is 5.28. The van der Waals surface area contributed by atoms with Crippen molar-refractivity contribution in [3.8, 4) is 0 Å². The van der Waals surface area contributed by atoms with Gasteiger partial charge in [0.1, 0.15) is 5.84 Å². The van der Waals surface area contributed by atoms with Crippen LogP contribution >= 0.6 is 7.92 Å². The number of benzene rings is 5. The number of rotatable bonds is 8. The van der Waals surface area contributed by atoms with Gasteiger partial charge in [0.05, 0.1) is 6.04 Å². The van der Waals surface area contributed by atoms with Gasteiger partial charge in [0.25, 0.3) is 0 Å². The summed E-state index contributed by atoms with van der Waals surface area (Å²) >= 11 is 0. The van der Waals surface area contributed by atoms with Gasteiger partial charge < -0.3 is 10.2 Å². The zero-order valence-electron chi connectivity index (χ0n) is 23.0. The van der Waals surface area contributed by atoms with Crippen molar-refractivity contribution in [1.82, 2.24) is 0 Å². The third kappa shape index (κ3) is 5.43. The Morgan fingerprint density at radius 1 is 0.650 bits per heavy atom. The van der Waals surface area contributed by atoms with Crippen LogP contribution in [0, 0.1) is 5.92 Å². The fourth-order valence-corrected chi connectivity index (χ4v) is 7.64. The number of aliphatic imine (C=N–C) groups is 1. The molecule has 1 heterocycles. The van der Waals surface area contributed by atoms with Crippen molar-refractivity contribution < 1.29 is 0 Å². The predicted molar refractivity (Wildman–Crippen MR) is 174 cm³/mol. The van der Waals surface area contributed by atoms with E-state index in [1.54, 1.807) is 0 Å². The van der Waals surface area contributed by atoms with Crippen LogP contribution in [0.2, 0.25) is 0 Å². The first kappa shape index (κ1) is 26.0. The Morgan fingerprint density at radius 3 is 1.80 bits per heavy atom. The quantitative estimate of drug-likeness (QED) is 0.207. The number of anilines is 3. The summed E-state index contributed by atoms with van der Waals surface area (Å²) in [5.41, 5.74) is 4.48. The molecule has 5 aromatic rings. The number of hydrogen-bond donors (Lipinski definition) is 1. The average molecular weight is 540 g/mol. The molecule has 0 amide bonds. The summed E-state index contributed by atoms with van der Waals surface area (Å²) < 4.78 is 0. The highest BCUT2D eigenvalue weighted by Gasteiger charge is 2.30. The second-order valence-electron chi connectivity index (χ2n) is 10.4. The minimum Gasteiger partial charge on any atom is -0.354 e. The van der Waals surface area contributed by atoms with Gasteiger partial charge in [0, 0.05) is 34.5 Å². The van der Waals surface area contributed by atoms with Crippen molar-refractivity contribution in [2.45, 2.75) is 19.9 Å². The molecule has 3 nitrogen and oxygen atoms in total. The van der Waals surface area contributed by atoms with Crippen molar-refractivity contribution in [2.75, 3.05) is 16.8 Å². The first-order chi connectivity index (χ1) is 19.7. The molecule has 0 spiro atoms. The van der Waals surface area contributed by atoms with Crippen LogP contribution < -0.4 is 26.1 Å². The van der Waals surface area contributed by atoms with E-state index in [2.05, 4.69) is 164 Å². The number of hydrogen-bond acceptors (Lipinski definition) is 3. The fraction of sp³-hybridized carbons (Fsp3) is 0.139. The van der Waals surface area contributed by atoms with Crippen LogP contribution in [0.1, 0.15) is 19.4 Å². The molecule has 0 bridgehead atoms. The molecule has 4 heteroatoms. The average Bonchev–Trinajstić information content (AvgIpc) is 3.46. The van der Waals surface area contributed by atoms with E-state index in [0.717, 1.165) is 29.3 Å². The summed E-state index contributed by atoms with van der Waals surface area (Å²) in [6.07, 6.45) is 0. The first-order valence-corrected chi connectivity index (χ1v) is 15.3. The van der Waals surface area contributed by atoms with E-state index >= 15 is 0 Å². The Balaban J connectivity index is 1.43. The van der Waals surface area contributed by atoms with Gasteiger partial charge >= 0.3 is 0 Å². The molecule has 1 atom stereocenters. The lowest BCUT2D eigenvalue weighted by atomic mass is 10.1. The van der Waals surface area contributed by atoms with Crippen molar-refractivity contribution >= 4 is 46.7 Å². The molecule has 40 heavy (non-hydrogen) atoms. The molecule has 0 radical (unpaired) electrons. The van der Waals surface area contributed by atoms with Crippen LogP contribution in [-0.4, -0.2) is 18.4 Å². The van der Waals surface area contributed by atoms with Crippen LogP contribution in [0.25, 0.3) is 0 Å². The van der Waals surface area contributed by atoms with Gasteiger partial charge in [0.2, 0.25) is 0 Å². The molecular weight excluding hydrogens is 505 g/mol. The zero-order valence-corrected chi connectivity index (χ0v) is 23.9. The maximum Gasteiger partial charge on any atom is 0.137 e. The number of amidine groups is 1. The van der Waals surface area contributed by atoms with Crippen LogP contribution in [0.15, 0.2) is 145 Å². The molecule has 0 aliphatic carbocycles. The van der Waals surface area contributed by atoms with E-state index in [9.17, 15) is 0 Å². The Morgan fingerprint density at radius 2 is 1.18 bits per heavy atom. The van der Waals surface area contributed by atoms with Crippen molar-refractivity contribution in [3.05, 3.63) is 145 Å². The second-order valence-corrected chi connectivity index (χ2v) is 12.6. The smallest absolute Gasteiger partial charge is 0.137 e. The predicted octanol–water partition coefficient (Wildman–Crippen LogP) is 7.48. The summed E-state index contributed by atoms with van der Waals surface area (Å²) in [7, 11) is -0.747. The fourth-order valence-electron chi connectivity index (χ4n) is 5.24. The monoisotopic (exact) mass is 539 g/mol. The molecule has 1 aliphatic rings. The van der Waals surface area contributed by atoms with E-state index in [1.165, 1.54) is 21.6 Å². The standard InChI is InChI=1S/C36H34N3P/c1-27(2)34-26-39(28-16-6-3-7-17-28)36(38-34)31-22-12-13-23-32(31)37-33-24-14-15-25-35(33)40(29-18-8-4-9-19-29)30-20-10-5-11-21-30/h3-25,27,34,37H,26H2,1-2H3/t34-/m1/s1. The summed E-state index contributed by atoms with van der Waals surface area (Å²) in [6.45, 7) is 5.40. The topological polar surface area (TPSA) is 27.6 Å². The van der Waals surface area contributed by atoms with Crippen molar-refractivity contribution in [3.63, 3.8) is 0 Å². The van der Waals surface area contributed by atoms with Gasteiger partial charge in [-0.2, -0.15) is 0 Å². The van der Waals surface area contributed by atoms with E-state index in [1.807, 2.05) is 0 Å². The van der Waals surface area contributed by atoms with Gasteiger partial charge in [-0.3, -0.25) is 4.99 Å². The second kappa shape index (κ2) is 11.9. The molecule has 5 aromatic carbocycles. The maximum atomic E-state index is 5.28. The minimum atomic E-state index is -0.747. The van der Waals surface area contributed by atoms with E-state index in [0.29, 0.717) is 5.92 Å². The summed E-state index contributed by atoms with van der Waals surface area (Å²) in [5.74, 6) is 1.49. The SMILES string of the molecule is CC(C)[C@H]1CN(c2ccccc2)C(c2ccccc2Nc2ccccc2P(c2ccccc2)c2ccccc2)=N1. The van der Waals surface area contributed by atoms with Gasteiger partial charge in [-0.15, -0.1) is 0 Å². The Kier molecular flexibility index (Phi) is 7.75. The third-order valence-electron chi connectivity index (χ3n) is 7.36. The number of nitrogens with zero attached hydrogens (tertiary/aromatic N) is 2. The van der Waals surface area contributed by atoms with Gasteiger partial charge in [-0.25, -0.2) is 0 Å². The lowest BCUT2D eigenvalue weighted by molar-refractivity contribution is 0.521. The Bertz CT molecular complexity index is 1540. The first-order valence-electron chi connectivity index (χ1n) is 13.9. The Hall–Kier alpha value is -4.20. The van der Waals surface area contributed by atoms with Crippen molar-refractivity contribution in [1.29, 1.82) is 0 Å². The zero-order chi connectivity index (χ0) is 27.3. The van der Waals surface area contributed by atoms with Crippen LogP contribution in [-0.2, 0) is 0 Å². The van der Waals surface area contributed by atoms with Crippen molar-refractivity contribution in [2.24, 2.45) is 10.9 Å². The number of nitrogens with one attached hydrogen (secondary N) is 1. The minimum absolute atomic E-state index is 0.250. The number of para-hydroxylation sites is 3. The lowest BCUT2D eigenvalue weighted by Crippen LogP contribution is -2.31. The molecule has 6 rings (SSSR count). The highest BCUT2D eigenvalue weighted by atomic mass is 31.1. The molecule has 0 fully saturated rings. The van der Waals surface area contributed by atoms with Gasteiger partial charge in [-0.1, -0.05) is 123 Å². The lowest BCUT2D eigenvalue weighted by Gasteiger charge is -2.25.